The van der Waals surface area contributed by atoms with Gasteiger partial charge in [-0.05, 0) is 25.0 Å². The minimum atomic E-state index is -0.764. The Morgan fingerprint density at radius 1 is 1.33 bits per heavy atom. The van der Waals surface area contributed by atoms with Gasteiger partial charge in [0, 0.05) is 32.5 Å². The number of aliphatic carboxylic acids is 1. The highest BCUT2D eigenvalue weighted by Crippen LogP contribution is 2.19. The van der Waals surface area contributed by atoms with E-state index in [1.54, 1.807) is 7.11 Å². The first-order chi connectivity index (χ1) is 8.65. The van der Waals surface area contributed by atoms with E-state index in [1.165, 1.54) is 5.56 Å². The maximum atomic E-state index is 10.7. The average Bonchev–Trinajstić information content (AvgIpc) is 2.34. The van der Waals surface area contributed by atoms with Gasteiger partial charge >= 0.3 is 5.97 Å². The van der Waals surface area contributed by atoms with Crippen LogP contribution in [0.25, 0.3) is 0 Å². The summed E-state index contributed by atoms with van der Waals surface area (Å²) in [5, 5.41) is 8.80. The van der Waals surface area contributed by atoms with Crippen LogP contribution in [-0.4, -0.2) is 37.9 Å². The van der Waals surface area contributed by atoms with Crippen LogP contribution in [0.2, 0.25) is 0 Å². The third-order valence-electron chi connectivity index (χ3n) is 2.83. The van der Waals surface area contributed by atoms with Gasteiger partial charge in [-0.2, -0.15) is 0 Å². The molecular formula is C14H21NO3. The van der Waals surface area contributed by atoms with Gasteiger partial charge in [-0.1, -0.05) is 18.2 Å². The van der Waals surface area contributed by atoms with Gasteiger partial charge in [-0.15, -0.1) is 0 Å². The topological polar surface area (TPSA) is 49.8 Å². The third-order valence-corrected chi connectivity index (χ3v) is 2.83. The van der Waals surface area contributed by atoms with Gasteiger partial charge in [0.2, 0.25) is 0 Å². The first-order valence-electron chi connectivity index (χ1n) is 6.16. The zero-order valence-corrected chi connectivity index (χ0v) is 11.1. The van der Waals surface area contributed by atoms with E-state index in [4.69, 9.17) is 9.84 Å². The number of ether oxygens (including phenoxy) is 1. The Labute approximate surface area is 108 Å². The predicted octanol–water partition coefficient (Wildman–Crippen LogP) is 2.31. The van der Waals surface area contributed by atoms with Gasteiger partial charge in [0.1, 0.15) is 0 Å². The van der Waals surface area contributed by atoms with Crippen LogP contribution in [0.3, 0.4) is 0 Å². The number of carboxylic acids is 1. The van der Waals surface area contributed by atoms with Crippen LogP contribution in [0.4, 0.5) is 5.69 Å². The zero-order valence-electron chi connectivity index (χ0n) is 11.1. The summed E-state index contributed by atoms with van der Waals surface area (Å²) >= 11 is 0. The first kappa shape index (κ1) is 14.5. The fraction of sp³-hybridized carbons (Fsp3) is 0.500. The molecule has 18 heavy (non-hydrogen) atoms. The maximum Gasteiger partial charge on any atom is 0.305 e. The highest BCUT2D eigenvalue weighted by Gasteiger charge is 2.10. The second-order valence-corrected chi connectivity index (χ2v) is 4.26. The molecule has 0 unspecified atom stereocenters. The number of anilines is 1. The van der Waals surface area contributed by atoms with Crippen molar-refractivity contribution in [3.8, 4) is 0 Å². The molecule has 1 aromatic rings. The lowest BCUT2D eigenvalue weighted by molar-refractivity contribution is -0.136. The lowest BCUT2D eigenvalue weighted by atomic mass is 10.1. The van der Waals surface area contributed by atoms with Crippen LogP contribution >= 0.6 is 0 Å². The SMILES string of the molecule is COCCCN(CCC(=O)O)c1ccccc1C. The number of carboxylic acid groups (broad SMARTS) is 1. The van der Waals surface area contributed by atoms with Crippen molar-refractivity contribution in [2.75, 3.05) is 31.7 Å². The largest absolute Gasteiger partial charge is 0.481 e. The van der Waals surface area contributed by atoms with Crippen molar-refractivity contribution in [2.45, 2.75) is 19.8 Å². The van der Waals surface area contributed by atoms with Crippen LogP contribution in [0.1, 0.15) is 18.4 Å². The number of hydrogen-bond acceptors (Lipinski definition) is 3. The molecule has 0 saturated heterocycles. The summed E-state index contributed by atoms with van der Waals surface area (Å²) in [7, 11) is 1.68. The molecule has 1 rings (SSSR count). The molecule has 0 fully saturated rings. The van der Waals surface area contributed by atoms with E-state index in [0.29, 0.717) is 13.2 Å². The number of rotatable bonds is 8. The van der Waals surface area contributed by atoms with Crippen molar-refractivity contribution < 1.29 is 14.6 Å². The number of carbonyl (C=O) groups is 1. The molecule has 0 bridgehead atoms. The van der Waals surface area contributed by atoms with E-state index in [-0.39, 0.29) is 6.42 Å². The smallest absolute Gasteiger partial charge is 0.305 e. The van der Waals surface area contributed by atoms with Gasteiger partial charge in [0.25, 0.3) is 0 Å². The van der Waals surface area contributed by atoms with Gasteiger partial charge in [0.05, 0.1) is 6.42 Å². The maximum absolute atomic E-state index is 10.7. The van der Waals surface area contributed by atoms with Gasteiger partial charge in [0.15, 0.2) is 0 Å². The molecule has 4 heteroatoms. The highest BCUT2D eigenvalue weighted by atomic mass is 16.5. The highest BCUT2D eigenvalue weighted by molar-refractivity contribution is 5.68. The Kier molecular flexibility index (Phi) is 6.22. The molecule has 1 aromatic carbocycles. The first-order valence-corrected chi connectivity index (χ1v) is 6.16. The Morgan fingerprint density at radius 2 is 2.06 bits per heavy atom. The molecule has 0 aromatic heterocycles. The summed E-state index contributed by atoms with van der Waals surface area (Å²) in [4.78, 5) is 12.8. The predicted molar refractivity (Wildman–Crippen MR) is 72.1 cm³/mol. The summed E-state index contributed by atoms with van der Waals surface area (Å²) in [6.45, 7) is 4.07. The summed E-state index contributed by atoms with van der Waals surface area (Å²) in [5.41, 5.74) is 2.27. The normalized spacial score (nSPS) is 10.3. The summed E-state index contributed by atoms with van der Waals surface area (Å²) in [5.74, 6) is -0.764. The van der Waals surface area contributed by atoms with Gasteiger partial charge < -0.3 is 14.7 Å². The molecule has 1 N–H and O–H groups in total. The molecule has 4 nitrogen and oxygen atoms in total. The Bertz CT molecular complexity index is 379. The molecular weight excluding hydrogens is 230 g/mol. The van der Waals surface area contributed by atoms with Crippen LogP contribution in [0.5, 0.6) is 0 Å². The van der Waals surface area contributed by atoms with E-state index in [0.717, 1.165) is 18.7 Å². The molecule has 0 saturated carbocycles. The fourth-order valence-corrected chi connectivity index (χ4v) is 1.90. The Balaban J connectivity index is 2.69. The van der Waals surface area contributed by atoms with E-state index >= 15 is 0 Å². The molecule has 0 aliphatic heterocycles. The van der Waals surface area contributed by atoms with E-state index in [1.807, 2.05) is 31.2 Å². The van der Waals surface area contributed by atoms with Crippen molar-refractivity contribution in [1.29, 1.82) is 0 Å². The second-order valence-electron chi connectivity index (χ2n) is 4.26. The summed E-state index contributed by atoms with van der Waals surface area (Å²) < 4.78 is 5.04. The van der Waals surface area contributed by atoms with Crippen LogP contribution < -0.4 is 4.90 Å². The molecule has 0 spiro atoms. The number of benzene rings is 1. The van der Waals surface area contributed by atoms with E-state index in [9.17, 15) is 4.79 Å². The molecule has 0 atom stereocenters. The zero-order chi connectivity index (χ0) is 13.4. The molecule has 0 radical (unpaired) electrons. The van der Waals surface area contributed by atoms with E-state index in [2.05, 4.69) is 4.90 Å². The number of hydrogen-bond donors (Lipinski definition) is 1. The fourth-order valence-electron chi connectivity index (χ4n) is 1.90. The van der Waals surface area contributed by atoms with E-state index < -0.39 is 5.97 Å². The molecule has 100 valence electrons. The average molecular weight is 251 g/mol. The van der Waals surface area contributed by atoms with Crippen molar-refractivity contribution in [3.05, 3.63) is 29.8 Å². The molecule has 0 aliphatic rings. The van der Waals surface area contributed by atoms with Crippen LogP contribution in [0, 0.1) is 6.92 Å². The second kappa shape index (κ2) is 7.71. The Hall–Kier alpha value is -1.55. The minimum absolute atomic E-state index is 0.154. The van der Waals surface area contributed by atoms with Crippen molar-refractivity contribution >= 4 is 11.7 Å². The van der Waals surface area contributed by atoms with Gasteiger partial charge in [-0.25, -0.2) is 0 Å². The quantitative estimate of drug-likeness (QED) is 0.720. The molecule has 0 amide bonds. The number of para-hydroxylation sites is 1. The summed E-state index contributed by atoms with van der Waals surface area (Å²) in [6.07, 6.45) is 1.05. The number of methoxy groups -OCH3 is 1. The lowest BCUT2D eigenvalue weighted by Gasteiger charge is -2.25. The minimum Gasteiger partial charge on any atom is -0.481 e. The van der Waals surface area contributed by atoms with Crippen molar-refractivity contribution in [2.24, 2.45) is 0 Å². The number of aryl methyl sites for hydroxylation is 1. The van der Waals surface area contributed by atoms with Crippen LogP contribution in [0.15, 0.2) is 24.3 Å². The van der Waals surface area contributed by atoms with Crippen LogP contribution in [-0.2, 0) is 9.53 Å². The molecule has 0 heterocycles. The summed E-state index contributed by atoms with van der Waals surface area (Å²) in [6, 6.07) is 8.04. The van der Waals surface area contributed by atoms with Crippen molar-refractivity contribution in [3.63, 3.8) is 0 Å². The van der Waals surface area contributed by atoms with Crippen molar-refractivity contribution in [1.82, 2.24) is 0 Å². The number of nitrogens with zero attached hydrogens (tertiary/aromatic N) is 1. The third kappa shape index (κ3) is 4.75. The molecule has 0 aliphatic carbocycles. The standard InChI is InChI=1S/C14H21NO3/c1-12-6-3-4-7-13(12)15(9-5-11-18-2)10-8-14(16)17/h3-4,6-7H,5,8-11H2,1-2H3,(H,16,17). The monoisotopic (exact) mass is 251 g/mol. The Morgan fingerprint density at radius 3 is 2.67 bits per heavy atom. The van der Waals surface area contributed by atoms with Gasteiger partial charge in [-0.3, -0.25) is 4.79 Å². The lowest BCUT2D eigenvalue weighted by Crippen LogP contribution is -2.28.